The zero-order chi connectivity index (χ0) is 6.24. The summed E-state index contributed by atoms with van der Waals surface area (Å²) in [7, 11) is 0. The smallest absolute Gasteiger partial charge is 0.0431 e. The van der Waals surface area contributed by atoms with Crippen LogP contribution in [0.4, 0.5) is 0 Å². The Morgan fingerprint density at radius 2 is 0.900 bits per heavy atom. The molecule has 0 aromatic carbocycles. The maximum absolute atomic E-state index is 8.30. The topological polar surface area (TPSA) is 40.5 Å². The molecular weight excluding hydrogens is 182 g/mol. The molecule has 2 nitrogen and oxygen atoms in total. The van der Waals surface area contributed by atoms with Gasteiger partial charge >= 0.3 is 0 Å². The van der Waals surface area contributed by atoms with E-state index in [0.717, 1.165) is 25.7 Å². The first-order chi connectivity index (χ1) is 3.91. The molecule has 0 atom stereocenters. The Hall–Kier alpha value is 3.19. The van der Waals surface area contributed by atoms with Crippen LogP contribution >= 0.6 is 0 Å². The zero-order valence-electron chi connectivity index (χ0n) is 7.14. The third-order valence-electron chi connectivity index (χ3n) is 1.07. The SMILES string of the molecule is OCCCCCCO.[K].[K]. The Labute approximate surface area is 148 Å². The number of rotatable bonds is 5. The largest absolute Gasteiger partial charge is 0.396 e. The standard InChI is InChI=1S/C6H14O2.2K/c7-5-3-1-2-4-6-8;;/h7-8H,1-6H2;;. The number of hydrogen-bond acceptors (Lipinski definition) is 2. The van der Waals surface area contributed by atoms with E-state index < -0.39 is 0 Å². The monoisotopic (exact) mass is 196 g/mol. The summed E-state index contributed by atoms with van der Waals surface area (Å²) < 4.78 is 0. The van der Waals surface area contributed by atoms with Gasteiger partial charge in [-0.2, -0.15) is 0 Å². The van der Waals surface area contributed by atoms with Gasteiger partial charge in [0.25, 0.3) is 0 Å². The fourth-order valence-electron chi connectivity index (χ4n) is 0.577. The molecule has 2 N–H and O–H groups in total. The Kier molecular flexibility index (Phi) is 34.1. The molecule has 52 valence electrons. The van der Waals surface area contributed by atoms with Crippen LogP contribution in [0.25, 0.3) is 0 Å². The van der Waals surface area contributed by atoms with Crippen molar-refractivity contribution in [1.29, 1.82) is 0 Å². The van der Waals surface area contributed by atoms with Crippen LogP contribution in [-0.4, -0.2) is 126 Å². The van der Waals surface area contributed by atoms with Gasteiger partial charge in [-0.25, -0.2) is 0 Å². The Bertz CT molecular complexity index is 38.7. The maximum Gasteiger partial charge on any atom is 0.0431 e. The van der Waals surface area contributed by atoms with Gasteiger partial charge in [-0.3, -0.25) is 0 Å². The van der Waals surface area contributed by atoms with E-state index in [1.807, 2.05) is 0 Å². The van der Waals surface area contributed by atoms with Crippen LogP contribution in [-0.2, 0) is 0 Å². The van der Waals surface area contributed by atoms with Crippen molar-refractivity contribution >= 4 is 103 Å². The third kappa shape index (κ3) is 17.3. The van der Waals surface area contributed by atoms with E-state index in [-0.39, 0.29) is 116 Å². The van der Waals surface area contributed by atoms with Crippen LogP contribution in [0.15, 0.2) is 0 Å². The van der Waals surface area contributed by atoms with Crippen LogP contribution in [0.2, 0.25) is 0 Å². The molecule has 0 saturated heterocycles. The van der Waals surface area contributed by atoms with Crippen molar-refractivity contribution in [3.05, 3.63) is 0 Å². The molecule has 0 aliphatic carbocycles. The fourth-order valence-corrected chi connectivity index (χ4v) is 0.577. The van der Waals surface area contributed by atoms with Crippen LogP contribution in [0.5, 0.6) is 0 Å². The molecule has 10 heavy (non-hydrogen) atoms. The summed E-state index contributed by atoms with van der Waals surface area (Å²) in [6.07, 6.45) is 3.83. The van der Waals surface area contributed by atoms with Crippen LogP contribution in [0.3, 0.4) is 0 Å². The number of hydrogen-bond donors (Lipinski definition) is 2. The molecular formula is C6H14K2O2. The summed E-state index contributed by atoms with van der Waals surface area (Å²) >= 11 is 0. The van der Waals surface area contributed by atoms with E-state index in [0.29, 0.717) is 0 Å². The van der Waals surface area contributed by atoms with E-state index in [1.165, 1.54) is 0 Å². The van der Waals surface area contributed by atoms with Gasteiger partial charge in [0.05, 0.1) is 0 Å². The van der Waals surface area contributed by atoms with E-state index >= 15 is 0 Å². The predicted octanol–water partition coefficient (Wildman–Crippen LogP) is -0.230. The van der Waals surface area contributed by atoms with Crippen molar-refractivity contribution in [2.45, 2.75) is 25.7 Å². The van der Waals surface area contributed by atoms with E-state index in [9.17, 15) is 0 Å². The normalized spacial score (nSPS) is 7.80. The molecule has 0 aliphatic heterocycles. The van der Waals surface area contributed by atoms with Crippen LogP contribution in [0, 0.1) is 0 Å². The van der Waals surface area contributed by atoms with E-state index in [4.69, 9.17) is 10.2 Å². The summed E-state index contributed by atoms with van der Waals surface area (Å²) in [4.78, 5) is 0. The summed E-state index contributed by atoms with van der Waals surface area (Å²) in [6, 6.07) is 0. The summed E-state index contributed by atoms with van der Waals surface area (Å²) in [5, 5.41) is 16.6. The van der Waals surface area contributed by atoms with Crippen molar-refractivity contribution in [1.82, 2.24) is 0 Å². The second kappa shape index (κ2) is 18.1. The van der Waals surface area contributed by atoms with Gasteiger partial charge in [0.15, 0.2) is 0 Å². The predicted molar refractivity (Wildman–Crippen MR) is 44.1 cm³/mol. The molecule has 0 saturated carbocycles. The Morgan fingerprint density at radius 3 is 1.10 bits per heavy atom. The Balaban J connectivity index is -0.000000245. The molecule has 0 aromatic rings. The first-order valence-corrected chi connectivity index (χ1v) is 3.13. The van der Waals surface area contributed by atoms with Gasteiger partial charge in [0, 0.05) is 116 Å². The van der Waals surface area contributed by atoms with Gasteiger partial charge < -0.3 is 10.2 Å². The minimum Gasteiger partial charge on any atom is -0.396 e. The fraction of sp³-hybridized carbons (Fsp3) is 1.00. The van der Waals surface area contributed by atoms with Crippen molar-refractivity contribution in [3.63, 3.8) is 0 Å². The number of aliphatic hydroxyl groups is 2. The van der Waals surface area contributed by atoms with Crippen LogP contribution < -0.4 is 0 Å². The first kappa shape index (κ1) is 18.9. The van der Waals surface area contributed by atoms with Gasteiger partial charge in [-0.1, -0.05) is 12.8 Å². The molecule has 0 heterocycles. The average Bonchev–Trinajstić information content (AvgIpc) is 1.81. The number of aliphatic hydroxyl groups excluding tert-OH is 2. The molecule has 0 aromatic heterocycles. The summed E-state index contributed by atoms with van der Waals surface area (Å²) in [6.45, 7) is 0.566. The first-order valence-electron chi connectivity index (χ1n) is 3.13. The summed E-state index contributed by atoms with van der Waals surface area (Å²) in [5.74, 6) is 0. The maximum atomic E-state index is 8.30. The van der Waals surface area contributed by atoms with Gasteiger partial charge in [-0.15, -0.1) is 0 Å². The molecule has 0 bridgehead atoms. The average molecular weight is 196 g/mol. The van der Waals surface area contributed by atoms with E-state index in [2.05, 4.69) is 0 Å². The van der Waals surface area contributed by atoms with Crippen molar-refractivity contribution in [3.8, 4) is 0 Å². The zero-order valence-corrected chi connectivity index (χ0v) is 13.4. The quantitative estimate of drug-likeness (QED) is 0.471. The molecule has 4 heteroatoms. The van der Waals surface area contributed by atoms with Gasteiger partial charge in [0.1, 0.15) is 0 Å². The molecule has 0 amide bonds. The third-order valence-corrected chi connectivity index (χ3v) is 1.07. The molecule has 0 aliphatic rings. The Morgan fingerprint density at radius 1 is 0.600 bits per heavy atom. The molecule has 0 spiro atoms. The van der Waals surface area contributed by atoms with Crippen LogP contribution in [0.1, 0.15) is 25.7 Å². The van der Waals surface area contributed by atoms with E-state index in [1.54, 1.807) is 0 Å². The second-order valence-corrected chi connectivity index (χ2v) is 1.86. The molecule has 2 radical (unpaired) electrons. The molecule has 0 fully saturated rings. The van der Waals surface area contributed by atoms with Gasteiger partial charge in [0.2, 0.25) is 0 Å². The van der Waals surface area contributed by atoms with Crippen molar-refractivity contribution in [2.75, 3.05) is 13.2 Å². The van der Waals surface area contributed by atoms with Crippen molar-refractivity contribution in [2.24, 2.45) is 0 Å². The number of unbranched alkanes of at least 4 members (excludes halogenated alkanes) is 3. The summed E-state index contributed by atoms with van der Waals surface area (Å²) in [5.41, 5.74) is 0. The molecule has 0 unspecified atom stereocenters. The van der Waals surface area contributed by atoms with Crippen molar-refractivity contribution < 1.29 is 10.2 Å². The minimum absolute atomic E-state index is 0. The van der Waals surface area contributed by atoms with Gasteiger partial charge in [-0.05, 0) is 12.8 Å². The molecule has 0 rings (SSSR count). The second-order valence-electron chi connectivity index (χ2n) is 1.86. The minimum atomic E-state index is 0.